The SMILES string of the molecule is CO[C@H]1CN(C)C(=O)c2ccc(NC(=O)c3ccno3)cc2OC[C@H](C)N(S(C)(=O)=O)C[C@@H]1C. The first-order chi connectivity index (χ1) is 16.0. The molecule has 3 atom stereocenters. The first-order valence-electron chi connectivity index (χ1n) is 10.7. The van der Waals surface area contributed by atoms with E-state index >= 15 is 0 Å². The predicted octanol–water partition coefficient (Wildman–Crippen LogP) is 1.69. The van der Waals surface area contributed by atoms with Gasteiger partial charge < -0.3 is 24.2 Å². The van der Waals surface area contributed by atoms with Gasteiger partial charge in [-0.05, 0) is 25.0 Å². The highest BCUT2D eigenvalue weighted by Crippen LogP contribution is 2.27. The summed E-state index contributed by atoms with van der Waals surface area (Å²) in [6, 6.07) is 5.57. The van der Waals surface area contributed by atoms with Crippen molar-refractivity contribution in [1.82, 2.24) is 14.4 Å². The van der Waals surface area contributed by atoms with Crippen LogP contribution in [0.25, 0.3) is 0 Å². The van der Waals surface area contributed by atoms with Crippen molar-refractivity contribution in [2.45, 2.75) is 26.0 Å². The van der Waals surface area contributed by atoms with Crippen LogP contribution in [0.15, 0.2) is 35.0 Å². The maximum Gasteiger partial charge on any atom is 0.294 e. The summed E-state index contributed by atoms with van der Waals surface area (Å²) in [7, 11) is -0.347. The van der Waals surface area contributed by atoms with Crippen molar-refractivity contribution in [2.24, 2.45) is 5.92 Å². The molecule has 0 saturated heterocycles. The third-order valence-corrected chi connectivity index (χ3v) is 7.10. The molecule has 0 bridgehead atoms. The van der Waals surface area contributed by atoms with Crippen molar-refractivity contribution in [3.63, 3.8) is 0 Å². The van der Waals surface area contributed by atoms with Crippen molar-refractivity contribution >= 4 is 27.5 Å². The number of methoxy groups -OCH3 is 1. The second kappa shape index (κ2) is 10.5. The molecule has 1 aromatic carbocycles. The molecule has 1 aliphatic heterocycles. The molecule has 3 rings (SSSR count). The summed E-state index contributed by atoms with van der Waals surface area (Å²) in [5.41, 5.74) is 0.653. The lowest BCUT2D eigenvalue weighted by Gasteiger charge is -2.34. The van der Waals surface area contributed by atoms with Crippen LogP contribution >= 0.6 is 0 Å². The Bertz CT molecular complexity index is 1120. The van der Waals surface area contributed by atoms with Gasteiger partial charge in [0.2, 0.25) is 15.8 Å². The van der Waals surface area contributed by atoms with Gasteiger partial charge in [0.05, 0.1) is 30.2 Å². The fourth-order valence-electron chi connectivity index (χ4n) is 3.80. The molecule has 186 valence electrons. The van der Waals surface area contributed by atoms with Crippen LogP contribution in [0.2, 0.25) is 0 Å². The molecule has 34 heavy (non-hydrogen) atoms. The summed E-state index contributed by atoms with van der Waals surface area (Å²) < 4.78 is 42.8. The Hall–Kier alpha value is -2.96. The average molecular weight is 495 g/mol. The summed E-state index contributed by atoms with van der Waals surface area (Å²) in [6.07, 6.45) is 2.13. The molecule has 0 spiro atoms. The van der Waals surface area contributed by atoms with Crippen LogP contribution in [0, 0.1) is 5.92 Å². The maximum absolute atomic E-state index is 13.2. The highest BCUT2D eigenvalue weighted by atomic mass is 32.2. The number of rotatable bonds is 4. The summed E-state index contributed by atoms with van der Waals surface area (Å²) in [4.78, 5) is 27.1. The number of hydrogen-bond acceptors (Lipinski definition) is 8. The van der Waals surface area contributed by atoms with Crippen LogP contribution in [-0.2, 0) is 14.8 Å². The smallest absolute Gasteiger partial charge is 0.294 e. The van der Waals surface area contributed by atoms with Crippen molar-refractivity contribution in [2.75, 3.05) is 45.4 Å². The first kappa shape index (κ1) is 25.7. The monoisotopic (exact) mass is 494 g/mol. The molecule has 0 aliphatic carbocycles. The van der Waals surface area contributed by atoms with E-state index in [2.05, 4.69) is 10.5 Å². The summed E-state index contributed by atoms with van der Waals surface area (Å²) >= 11 is 0. The normalized spacial score (nSPS) is 22.8. The number of amides is 2. The molecule has 0 fully saturated rings. The zero-order valence-electron chi connectivity index (χ0n) is 19.8. The van der Waals surface area contributed by atoms with Gasteiger partial charge >= 0.3 is 0 Å². The molecule has 2 aromatic rings. The summed E-state index contributed by atoms with van der Waals surface area (Å²) in [5.74, 6) is -0.727. The molecule has 11 nitrogen and oxygen atoms in total. The number of carbonyl (C=O) groups excluding carboxylic acids is 2. The van der Waals surface area contributed by atoms with Gasteiger partial charge in [-0.2, -0.15) is 4.31 Å². The van der Waals surface area contributed by atoms with E-state index in [-0.39, 0.29) is 54.7 Å². The number of fused-ring (bicyclic) bond motifs is 1. The largest absolute Gasteiger partial charge is 0.491 e. The minimum atomic E-state index is -3.54. The van der Waals surface area contributed by atoms with Gasteiger partial charge in [-0.25, -0.2) is 8.42 Å². The fourth-order valence-corrected chi connectivity index (χ4v) is 5.02. The van der Waals surface area contributed by atoms with Crippen molar-refractivity contribution in [3.8, 4) is 5.75 Å². The second-order valence-electron chi connectivity index (χ2n) is 8.47. The van der Waals surface area contributed by atoms with E-state index in [0.29, 0.717) is 5.69 Å². The molecule has 0 unspecified atom stereocenters. The van der Waals surface area contributed by atoms with E-state index in [4.69, 9.17) is 14.0 Å². The van der Waals surface area contributed by atoms with Crippen LogP contribution in [0.5, 0.6) is 5.75 Å². The fraction of sp³-hybridized carbons (Fsp3) is 0.500. The molecule has 0 saturated carbocycles. The van der Waals surface area contributed by atoms with E-state index in [0.717, 1.165) is 6.26 Å². The number of nitrogens with one attached hydrogen (secondary N) is 1. The van der Waals surface area contributed by atoms with Crippen LogP contribution < -0.4 is 10.1 Å². The molecule has 1 aliphatic rings. The van der Waals surface area contributed by atoms with Gasteiger partial charge in [0.15, 0.2) is 0 Å². The number of likely N-dealkylation sites (N-methyl/N-ethyl adjacent to an activating group) is 1. The van der Waals surface area contributed by atoms with Crippen LogP contribution in [0.3, 0.4) is 0 Å². The van der Waals surface area contributed by atoms with Crippen LogP contribution in [-0.4, -0.2) is 86.8 Å². The van der Waals surface area contributed by atoms with E-state index < -0.39 is 22.0 Å². The van der Waals surface area contributed by atoms with Crippen LogP contribution in [0.4, 0.5) is 5.69 Å². The minimum absolute atomic E-state index is 0.000929. The predicted molar refractivity (Wildman–Crippen MR) is 124 cm³/mol. The van der Waals surface area contributed by atoms with E-state index in [1.165, 1.54) is 27.5 Å². The zero-order valence-corrected chi connectivity index (χ0v) is 20.7. The third kappa shape index (κ3) is 5.93. The molecule has 2 heterocycles. The van der Waals surface area contributed by atoms with E-state index in [9.17, 15) is 18.0 Å². The summed E-state index contributed by atoms with van der Waals surface area (Å²) in [5, 5.41) is 6.18. The third-order valence-electron chi connectivity index (χ3n) is 5.74. The lowest BCUT2D eigenvalue weighted by atomic mass is 10.0. The lowest BCUT2D eigenvalue weighted by molar-refractivity contribution is 0.0213. The van der Waals surface area contributed by atoms with Crippen molar-refractivity contribution in [1.29, 1.82) is 0 Å². The Kier molecular flexibility index (Phi) is 7.95. The quantitative estimate of drug-likeness (QED) is 0.679. The van der Waals surface area contributed by atoms with Crippen molar-refractivity contribution in [3.05, 3.63) is 41.8 Å². The Morgan fingerprint density at radius 3 is 2.59 bits per heavy atom. The lowest BCUT2D eigenvalue weighted by Crippen LogP contribution is -2.48. The van der Waals surface area contributed by atoms with Gasteiger partial charge in [-0.15, -0.1) is 0 Å². The molecule has 2 amide bonds. The number of aromatic nitrogens is 1. The molecule has 0 radical (unpaired) electrons. The Labute approximate surface area is 199 Å². The molecular formula is C22H30N4O7S. The Morgan fingerprint density at radius 1 is 1.24 bits per heavy atom. The topological polar surface area (TPSA) is 131 Å². The zero-order chi connectivity index (χ0) is 25.0. The summed E-state index contributed by atoms with van der Waals surface area (Å²) in [6.45, 7) is 4.10. The number of carbonyl (C=O) groups is 2. The number of hydrogen-bond donors (Lipinski definition) is 1. The van der Waals surface area contributed by atoms with Crippen molar-refractivity contribution < 1.29 is 32.0 Å². The van der Waals surface area contributed by atoms with Gasteiger partial charge in [0, 0.05) is 45.1 Å². The first-order valence-corrected chi connectivity index (χ1v) is 12.6. The second-order valence-corrected chi connectivity index (χ2v) is 10.4. The number of anilines is 1. The minimum Gasteiger partial charge on any atom is -0.491 e. The number of benzene rings is 1. The number of sulfonamides is 1. The van der Waals surface area contributed by atoms with Crippen LogP contribution in [0.1, 0.15) is 34.8 Å². The van der Waals surface area contributed by atoms with Gasteiger partial charge in [-0.1, -0.05) is 12.1 Å². The number of nitrogens with zero attached hydrogens (tertiary/aromatic N) is 3. The highest BCUT2D eigenvalue weighted by molar-refractivity contribution is 7.88. The molecular weight excluding hydrogens is 464 g/mol. The van der Waals surface area contributed by atoms with Gasteiger partial charge in [-0.3, -0.25) is 9.59 Å². The van der Waals surface area contributed by atoms with E-state index in [1.807, 2.05) is 6.92 Å². The average Bonchev–Trinajstić information content (AvgIpc) is 3.32. The molecule has 12 heteroatoms. The Balaban J connectivity index is 1.97. The Morgan fingerprint density at radius 2 is 1.97 bits per heavy atom. The number of ether oxygens (including phenoxy) is 2. The molecule has 1 N–H and O–H groups in total. The van der Waals surface area contributed by atoms with Gasteiger partial charge in [0.25, 0.3) is 11.8 Å². The highest BCUT2D eigenvalue weighted by Gasteiger charge is 2.32. The van der Waals surface area contributed by atoms with E-state index in [1.54, 1.807) is 33.2 Å². The molecule has 1 aromatic heterocycles. The van der Waals surface area contributed by atoms with Gasteiger partial charge in [0.1, 0.15) is 12.4 Å². The maximum atomic E-state index is 13.2. The standard InChI is InChI=1S/C22H30N4O7S/c1-14-11-26(34(5,29)30)15(2)13-32-19-10-16(24-21(27)18-8-9-23-33-18)6-7-17(19)22(28)25(3)12-20(14)31-4/h6-10,14-15,20H,11-13H2,1-5H3,(H,24,27)/t14-,15-,20-/m0/s1.